The highest BCUT2D eigenvalue weighted by molar-refractivity contribution is 9.10. The summed E-state index contributed by atoms with van der Waals surface area (Å²) in [5, 5.41) is 11.9. The zero-order chi connectivity index (χ0) is 11.5. The first-order valence-corrected chi connectivity index (χ1v) is 5.58. The van der Waals surface area contributed by atoms with Gasteiger partial charge in [0.2, 0.25) is 0 Å². The van der Waals surface area contributed by atoms with Crippen molar-refractivity contribution in [3.8, 4) is 0 Å². The van der Waals surface area contributed by atoms with Crippen molar-refractivity contribution < 1.29 is 5.21 Å². The summed E-state index contributed by atoms with van der Waals surface area (Å²) >= 11 is 3.38. The number of rotatable bonds is 3. The molecule has 1 rings (SSSR count). The first-order chi connectivity index (χ1) is 7.04. The first kappa shape index (κ1) is 12.0. The molecule has 3 N–H and O–H groups in total. The fourth-order valence-corrected chi connectivity index (χ4v) is 1.73. The number of nitrogens with two attached hydrogens (primary N) is 1. The number of oxime groups is 1. The molecule has 0 aliphatic carbocycles. The molecular weight excluding hydrogens is 256 g/mol. The lowest BCUT2D eigenvalue weighted by atomic mass is 9.79. The first-order valence-electron chi connectivity index (χ1n) is 4.78. The van der Waals surface area contributed by atoms with Gasteiger partial charge < -0.3 is 10.9 Å². The topological polar surface area (TPSA) is 58.6 Å². The van der Waals surface area contributed by atoms with Gasteiger partial charge in [-0.2, -0.15) is 0 Å². The molecule has 1 aromatic carbocycles. The van der Waals surface area contributed by atoms with Gasteiger partial charge in [-0.15, -0.1) is 0 Å². The van der Waals surface area contributed by atoms with E-state index < -0.39 is 5.41 Å². The highest BCUT2D eigenvalue weighted by Crippen LogP contribution is 2.28. The molecule has 0 bridgehead atoms. The van der Waals surface area contributed by atoms with E-state index in [9.17, 15) is 0 Å². The van der Waals surface area contributed by atoms with Crippen LogP contribution < -0.4 is 5.73 Å². The van der Waals surface area contributed by atoms with E-state index in [0.29, 0.717) is 0 Å². The van der Waals surface area contributed by atoms with Crippen LogP contribution in [0.2, 0.25) is 0 Å². The molecule has 0 heterocycles. The lowest BCUT2D eigenvalue weighted by Gasteiger charge is -2.27. The Hall–Kier alpha value is -1.03. The molecule has 0 aliphatic rings. The summed E-state index contributed by atoms with van der Waals surface area (Å²) in [4.78, 5) is 0. The quantitative estimate of drug-likeness (QED) is 0.384. The van der Waals surface area contributed by atoms with Crippen LogP contribution in [0.25, 0.3) is 0 Å². The number of hydrogen-bond acceptors (Lipinski definition) is 2. The molecule has 0 spiro atoms. The predicted octanol–water partition coefficient (Wildman–Crippen LogP) is 2.86. The molecule has 82 valence electrons. The van der Waals surface area contributed by atoms with E-state index in [-0.39, 0.29) is 5.84 Å². The summed E-state index contributed by atoms with van der Waals surface area (Å²) in [5.41, 5.74) is 6.36. The van der Waals surface area contributed by atoms with Crippen molar-refractivity contribution in [2.24, 2.45) is 10.9 Å². The Morgan fingerprint density at radius 2 is 2.00 bits per heavy atom. The normalized spacial score (nSPS) is 16.1. The summed E-state index contributed by atoms with van der Waals surface area (Å²) in [6, 6.07) is 7.86. The Labute approximate surface area is 98.1 Å². The fourth-order valence-electron chi connectivity index (χ4n) is 1.46. The van der Waals surface area contributed by atoms with Crippen molar-refractivity contribution in [1.29, 1.82) is 0 Å². The van der Waals surface area contributed by atoms with Crippen LogP contribution in [0.1, 0.15) is 25.8 Å². The van der Waals surface area contributed by atoms with Crippen LogP contribution in [0.5, 0.6) is 0 Å². The third-order valence-electron chi connectivity index (χ3n) is 2.86. The van der Waals surface area contributed by atoms with Crippen molar-refractivity contribution in [3.63, 3.8) is 0 Å². The van der Waals surface area contributed by atoms with E-state index in [0.717, 1.165) is 16.5 Å². The molecule has 0 saturated heterocycles. The summed E-state index contributed by atoms with van der Waals surface area (Å²) < 4.78 is 1.02. The van der Waals surface area contributed by atoms with Crippen LogP contribution in [0, 0.1) is 0 Å². The number of amidine groups is 1. The molecule has 0 saturated carbocycles. The largest absolute Gasteiger partial charge is 0.409 e. The number of halogens is 1. The standard InChI is InChI=1S/C11H15BrN2O/c1-3-11(2,10(13)14-15)8-4-6-9(12)7-5-8/h4-7,15H,3H2,1-2H3,(H2,13,14). The average Bonchev–Trinajstić information content (AvgIpc) is 2.27. The van der Waals surface area contributed by atoms with Crippen LogP contribution in [-0.2, 0) is 5.41 Å². The lowest BCUT2D eigenvalue weighted by molar-refractivity contribution is 0.312. The second-order valence-corrected chi connectivity index (χ2v) is 4.59. The Balaban J connectivity index is 3.17. The predicted molar refractivity (Wildman–Crippen MR) is 65.2 cm³/mol. The van der Waals surface area contributed by atoms with Crippen molar-refractivity contribution in [3.05, 3.63) is 34.3 Å². The Bertz CT molecular complexity index is 361. The molecule has 1 aromatic rings. The summed E-state index contributed by atoms with van der Waals surface area (Å²) in [5.74, 6) is 0.243. The van der Waals surface area contributed by atoms with E-state index in [1.807, 2.05) is 38.1 Å². The van der Waals surface area contributed by atoms with E-state index in [1.54, 1.807) is 0 Å². The molecule has 0 aromatic heterocycles. The van der Waals surface area contributed by atoms with Gasteiger partial charge in [-0.25, -0.2) is 0 Å². The third-order valence-corrected chi connectivity index (χ3v) is 3.39. The Morgan fingerprint density at radius 3 is 2.40 bits per heavy atom. The van der Waals surface area contributed by atoms with Gasteiger partial charge >= 0.3 is 0 Å². The van der Waals surface area contributed by atoms with Crippen LogP contribution in [0.15, 0.2) is 33.9 Å². The van der Waals surface area contributed by atoms with Crippen molar-refractivity contribution in [2.45, 2.75) is 25.7 Å². The molecule has 0 radical (unpaired) electrons. The van der Waals surface area contributed by atoms with Crippen LogP contribution in [-0.4, -0.2) is 11.0 Å². The third kappa shape index (κ3) is 2.31. The van der Waals surface area contributed by atoms with E-state index in [4.69, 9.17) is 10.9 Å². The van der Waals surface area contributed by atoms with E-state index in [2.05, 4.69) is 21.1 Å². The number of nitrogens with zero attached hydrogens (tertiary/aromatic N) is 1. The minimum atomic E-state index is -0.407. The van der Waals surface area contributed by atoms with Gasteiger partial charge in [-0.1, -0.05) is 40.1 Å². The number of hydrogen-bond donors (Lipinski definition) is 2. The van der Waals surface area contributed by atoms with Crippen molar-refractivity contribution >= 4 is 21.8 Å². The van der Waals surface area contributed by atoms with Gasteiger partial charge in [0, 0.05) is 4.47 Å². The van der Waals surface area contributed by atoms with E-state index >= 15 is 0 Å². The van der Waals surface area contributed by atoms with Gasteiger partial charge in [0.25, 0.3) is 0 Å². The van der Waals surface area contributed by atoms with Gasteiger partial charge in [-0.05, 0) is 31.0 Å². The second-order valence-electron chi connectivity index (χ2n) is 3.68. The summed E-state index contributed by atoms with van der Waals surface area (Å²) in [7, 11) is 0. The molecule has 1 atom stereocenters. The molecule has 3 nitrogen and oxygen atoms in total. The molecule has 4 heteroatoms. The van der Waals surface area contributed by atoms with Crippen molar-refractivity contribution in [2.75, 3.05) is 0 Å². The zero-order valence-electron chi connectivity index (χ0n) is 8.87. The molecule has 0 amide bonds. The number of benzene rings is 1. The van der Waals surface area contributed by atoms with Gasteiger partial charge in [-0.3, -0.25) is 0 Å². The van der Waals surface area contributed by atoms with Gasteiger partial charge in [0.1, 0.15) is 5.84 Å². The summed E-state index contributed by atoms with van der Waals surface area (Å²) in [6.07, 6.45) is 0.782. The monoisotopic (exact) mass is 270 g/mol. The van der Waals surface area contributed by atoms with Gasteiger partial charge in [0.15, 0.2) is 0 Å². The highest BCUT2D eigenvalue weighted by atomic mass is 79.9. The molecule has 15 heavy (non-hydrogen) atoms. The van der Waals surface area contributed by atoms with Crippen molar-refractivity contribution in [1.82, 2.24) is 0 Å². The molecule has 0 aliphatic heterocycles. The Morgan fingerprint density at radius 1 is 1.47 bits per heavy atom. The SMILES string of the molecule is CCC(C)(/C(N)=N/O)c1ccc(Br)cc1. The Kier molecular flexibility index (Phi) is 3.74. The lowest BCUT2D eigenvalue weighted by Crippen LogP contribution is -2.38. The maximum atomic E-state index is 8.77. The maximum Gasteiger partial charge on any atom is 0.149 e. The zero-order valence-corrected chi connectivity index (χ0v) is 10.5. The second kappa shape index (κ2) is 4.66. The van der Waals surface area contributed by atoms with E-state index in [1.165, 1.54) is 0 Å². The smallest absolute Gasteiger partial charge is 0.149 e. The van der Waals surface area contributed by atoms with Gasteiger partial charge in [0.05, 0.1) is 5.41 Å². The minimum Gasteiger partial charge on any atom is -0.409 e. The average molecular weight is 271 g/mol. The fraction of sp³-hybridized carbons (Fsp3) is 0.364. The van der Waals surface area contributed by atoms with Crippen LogP contribution in [0.4, 0.5) is 0 Å². The summed E-state index contributed by atoms with van der Waals surface area (Å²) in [6.45, 7) is 3.98. The molecule has 0 fully saturated rings. The highest BCUT2D eigenvalue weighted by Gasteiger charge is 2.29. The van der Waals surface area contributed by atoms with Crippen LogP contribution >= 0.6 is 15.9 Å². The molecule has 1 unspecified atom stereocenters. The maximum absolute atomic E-state index is 8.77. The minimum absolute atomic E-state index is 0.243. The van der Waals surface area contributed by atoms with Crippen LogP contribution in [0.3, 0.4) is 0 Å². The molecular formula is C11H15BrN2O.